The molecule has 0 aliphatic heterocycles. The van der Waals surface area contributed by atoms with Gasteiger partial charge in [0, 0.05) is 23.7 Å². The van der Waals surface area contributed by atoms with Crippen molar-refractivity contribution < 1.29 is 14.8 Å². The Morgan fingerprint density at radius 1 is 1.29 bits per heavy atom. The fourth-order valence-corrected chi connectivity index (χ4v) is 1.92. The van der Waals surface area contributed by atoms with Gasteiger partial charge in [0.05, 0.1) is 4.92 Å². The summed E-state index contributed by atoms with van der Waals surface area (Å²) in [4.78, 5) is 22.1. The summed E-state index contributed by atoms with van der Waals surface area (Å²) >= 11 is 5.68. The zero-order chi connectivity index (χ0) is 15.4. The third-order valence-electron chi connectivity index (χ3n) is 2.84. The molecule has 0 radical (unpaired) electrons. The molecular formula is C14H11ClN2O4. The van der Waals surface area contributed by atoms with Crippen LogP contribution in [0.15, 0.2) is 42.5 Å². The molecule has 0 saturated heterocycles. The first-order valence-electron chi connectivity index (χ1n) is 5.98. The Morgan fingerprint density at radius 3 is 2.67 bits per heavy atom. The largest absolute Gasteiger partial charge is 0.508 e. The molecule has 2 N–H and O–H groups in total. The summed E-state index contributed by atoms with van der Waals surface area (Å²) in [6, 6.07) is 10.4. The topological polar surface area (TPSA) is 92.5 Å². The molecule has 0 saturated carbocycles. The van der Waals surface area contributed by atoms with Gasteiger partial charge in [0.1, 0.15) is 10.8 Å². The monoisotopic (exact) mass is 306 g/mol. The van der Waals surface area contributed by atoms with Gasteiger partial charge >= 0.3 is 0 Å². The number of rotatable bonds is 4. The van der Waals surface area contributed by atoms with E-state index in [1.165, 1.54) is 18.2 Å². The van der Waals surface area contributed by atoms with Crippen molar-refractivity contribution in [3.63, 3.8) is 0 Å². The van der Waals surface area contributed by atoms with Crippen molar-refractivity contribution in [1.82, 2.24) is 5.32 Å². The summed E-state index contributed by atoms with van der Waals surface area (Å²) in [5, 5.41) is 22.9. The van der Waals surface area contributed by atoms with E-state index in [-0.39, 0.29) is 28.6 Å². The maximum atomic E-state index is 12.0. The van der Waals surface area contributed by atoms with Crippen LogP contribution >= 0.6 is 11.6 Å². The number of para-hydroxylation sites is 1. The number of nitro benzene ring substituents is 1. The van der Waals surface area contributed by atoms with E-state index in [1.807, 2.05) is 0 Å². The Bertz CT molecular complexity index is 703. The second-order valence-electron chi connectivity index (χ2n) is 4.23. The lowest BCUT2D eigenvalue weighted by Gasteiger charge is -2.07. The molecule has 0 atom stereocenters. The van der Waals surface area contributed by atoms with Crippen LogP contribution in [0.2, 0.25) is 5.02 Å². The highest BCUT2D eigenvalue weighted by atomic mass is 35.5. The number of nitrogens with one attached hydrogen (secondary N) is 1. The minimum Gasteiger partial charge on any atom is -0.508 e. The average Bonchev–Trinajstić information content (AvgIpc) is 2.46. The molecule has 7 heteroatoms. The third kappa shape index (κ3) is 3.49. The maximum Gasteiger partial charge on any atom is 0.288 e. The first-order valence-corrected chi connectivity index (χ1v) is 6.36. The van der Waals surface area contributed by atoms with E-state index in [0.717, 1.165) is 6.07 Å². The van der Waals surface area contributed by atoms with E-state index in [4.69, 9.17) is 11.6 Å². The van der Waals surface area contributed by atoms with Gasteiger partial charge in [0.2, 0.25) is 0 Å². The van der Waals surface area contributed by atoms with Crippen LogP contribution < -0.4 is 5.32 Å². The number of phenols is 1. The van der Waals surface area contributed by atoms with E-state index in [1.54, 1.807) is 18.2 Å². The van der Waals surface area contributed by atoms with Gasteiger partial charge in [-0.25, -0.2) is 0 Å². The summed E-state index contributed by atoms with van der Waals surface area (Å²) in [5.41, 5.74) is 0.350. The van der Waals surface area contributed by atoms with Crippen molar-refractivity contribution >= 4 is 23.2 Å². The summed E-state index contributed by atoms with van der Waals surface area (Å²) in [7, 11) is 0. The summed E-state index contributed by atoms with van der Waals surface area (Å²) in [6.45, 7) is 0.113. The quantitative estimate of drug-likeness (QED) is 0.671. The molecule has 6 nitrogen and oxygen atoms in total. The number of carbonyl (C=O) groups excluding carboxylic acids is 1. The number of benzene rings is 2. The Hall–Kier alpha value is -2.60. The van der Waals surface area contributed by atoms with Gasteiger partial charge in [0.25, 0.3) is 11.6 Å². The highest BCUT2D eigenvalue weighted by Gasteiger charge is 2.16. The van der Waals surface area contributed by atoms with Crippen LogP contribution in [0.3, 0.4) is 0 Å². The molecule has 0 spiro atoms. The van der Waals surface area contributed by atoms with Gasteiger partial charge in [0.15, 0.2) is 0 Å². The number of aromatic hydroxyl groups is 1. The standard InChI is InChI=1S/C14H11ClN2O4/c15-11-6-5-9(7-12(11)17(20)21)14(19)16-8-10-3-1-2-4-13(10)18/h1-7,18H,8H2,(H,16,19). The van der Waals surface area contributed by atoms with Crippen molar-refractivity contribution in [2.75, 3.05) is 0 Å². The van der Waals surface area contributed by atoms with Crippen LogP contribution in [0.4, 0.5) is 5.69 Å². The van der Waals surface area contributed by atoms with Gasteiger partial charge in [-0.2, -0.15) is 0 Å². The first kappa shape index (κ1) is 14.8. The number of nitro groups is 1. The molecule has 108 valence electrons. The number of hydrogen-bond acceptors (Lipinski definition) is 4. The Labute approximate surface area is 125 Å². The minimum atomic E-state index is -0.651. The number of hydrogen-bond donors (Lipinski definition) is 2. The second-order valence-corrected chi connectivity index (χ2v) is 4.64. The lowest BCUT2D eigenvalue weighted by atomic mass is 10.1. The number of phenolic OH excluding ortho intramolecular Hbond substituents is 1. The van der Waals surface area contributed by atoms with E-state index in [0.29, 0.717) is 5.56 Å². The highest BCUT2D eigenvalue weighted by molar-refractivity contribution is 6.32. The van der Waals surface area contributed by atoms with Crippen molar-refractivity contribution in [2.24, 2.45) is 0 Å². The number of halogens is 1. The predicted molar refractivity (Wildman–Crippen MR) is 77.4 cm³/mol. The lowest BCUT2D eigenvalue weighted by Crippen LogP contribution is -2.22. The summed E-state index contributed by atoms with van der Waals surface area (Å²) in [5.74, 6) is -0.419. The number of nitrogens with zero attached hydrogens (tertiary/aromatic N) is 1. The van der Waals surface area contributed by atoms with Crippen LogP contribution in [0.25, 0.3) is 0 Å². The molecule has 21 heavy (non-hydrogen) atoms. The molecule has 0 aliphatic rings. The van der Waals surface area contributed by atoms with Crippen LogP contribution in [0, 0.1) is 10.1 Å². The molecule has 2 aromatic rings. The van der Waals surface area contributed by atoms with Crippen molar-refractivity contribution in [1.29, 1.82) is 0 Å². The normalized spacial score (nSPS) is 10.1. The van der Waals surface area contributed by atoms with Crippen molar-refractivity contribution in [3.05, 3.63) is 68.7 Å². The predicted octanol–water partition coefficient (Wildman–Crippen LogP) is 2.88. The molecule has 1 amide bonds. The van der Waals surface area contributed by atoms with E-state index in [2.05, 4.69) is 5.32 Å². The van der Waals surface area contributed by atoms with E-state index in [9.17, 15) is 20.0 Å². The molecule has 2 aromatic carbocycles. The van der Waals surface area contributed by atoms with E-state index >= 15 is 0 Å². The zero-order valence-corrected chi connectivity index (χ0v) is 11.5. The van der Waals surface area contributed by atoms with Crippen LogP contribution in [0.1, 0.15) is 15.9 Å². The molecule has 0 bridgehead atoms. The van der Waals surface area contributed by atoms with Crippen molar-refractivity contribution in [3.8, 4) is 5.75 Å². The second kappa shape index (κ2) is 6.23. The lowest BCUT2D eigenvalue weighted by molar-refractivity contribution is -0.384. The SMILES string of the molecule is O=C(NCc1ccccc1O)c1ccc(Cl)c([N+](=O)[O-])c1. The molecule has 0 heterocycles. The molecule has 2 rings (SSSR count). The van der Waals surface area contributed by atoms with Crippen LogP contribution in [-0.4, -0.2) is 15.9 Å². The zero-order valence-electron chi connectivity index (χ0n) is 10.7. The average molecular weight is 307 g/mol. The number of amides is 1. The smallest absolute Gasteiger partial charge is 0.288 e. The summed E-state index contributed by atoms with van der Waals surface area (Å²) in [6.07, 6.45) is 0. The Morgan fingerprint density at radius 2 is 2.00 bits per heavy atom. The fourth-order valence-electron chi connectivity index (χ4n) is 1.73. The molecule has 0 aromatic heterocycles. The fraction of sp³-hybridized carbons (Fsp3) is 0.0714. The Balaban J connectivity index is 2.12. The first-order chi connectivity index (χ1) is 9.99. The van der Waals surface area contributed by atoms with E-state index < -0.39 is 10.8 Å². The molecule has 0 unspecified atom stereocenters. The third-order valence-corrected chi connectivity index (χ3v) is 3.16. The van der Waals surface area contributed by atoms with Crippen molar-refractivity contribution in [2.45, 2.75) is 6.54 Å². The van der Waals surface area contributed by atoms with Gasteiger partial charge in [-0.3, -0.25) is 14.9 Å². The van der Waals surface area contributed by atoms with Crippen LogP contribution in [-0.2, 0) is 6.54 Å². The van der Waals surface area contributed by atoms with Gasteiger partial charge in [-0.1, -0.05) is 29.8 Å². The molecule has 0 fully saturated rings. The van der Waals surface area contributed by atoms with Gasteiger partial charge < -0.3 is 10.4 Å². The Kier molecular flexibility index (Phi) is 4.39. The maximum absolute atomic E-state index is 12.0. The minimum absolute atomic E-state index is 0.0303. The van der Waals surface area contributed by atoms with Gasteiger partial charge in [-0.05, 0) is 18.2 Å². The molecule has 0 aliphatic carbocycles. The number of carbonyl (C=O) groups is 1. The summed E-state index contributed by atoms with van der Waals surface area (Å²) < 4.78 is 0. The highest BCUT2D eigenvalue weighted by Crippen LogP contribution is 2.25. The molecular weight excluding hydrogens is 296 g/mol. The van der Waals surface area contributed by atoms with Crippen LogP contribution in [0.5, 0.6) is 5.75 Å². The van der Waals surface area contributed by atoms with Gasteiger partial charge in [-0.15, -0.1) is 0 Å².